The van der Waals surface area contributed by atoms with Crippen LogP contribution in [0.15, 0.2) is 67.3 Å². The van der Waals surface area contributed by atoms with Crippen molar-refractivity contribution in [1.82, 2.24) is 35.1 Å². The molecule has 0 aliphatic heterocycles. The topological polar surface area (TPSA) is 128 Å². The molecule has 10 heteroatoms. The molecule has 1 aromatic carbocycles. The summed E-state index contributed by atoms with van der Waals surface area (Å²) in [5, 5.41) is 21.0. The van der Waals surface area contributed by atoms with E-state index in [4.69, 9.17) is 0 Å². The molecule has 5 heterocycles. The third kappa shape index (κ3) is 3.83. The zero-order valence-electron chi connectivity index (χ0n) is 19.2. The highest BCUT2D eigenvalue weighted by molar-refractivity contribution is 5.96. The number of aliphatic hydroxyl groups excluding tert-OH is 1. The van der Waals surface area contributed by atoms with Crippen LogP contribution in [0.25, 0.3) is 56.0 Å². The minimum absolute atomic E-state index is 0.321. The number of rotatable bonds is 6. The van der Waals surface area contributed by atoms with E-state index in [2.05, 4.69) is 40.4 Å². The molecule has 0 fully saturated rings. The Bertz CT molecular complexity index is 1710. The Hall–Kier alpha value is -4.70. The number of anilines is 1. The number of benzene rings is 1. The predicted octanol–water partition coefficient (Wildman–Crippen LogP) is 4.90. The summed E-state index contributed by atoms with van der Waals surface area (Å²) in [7, 11) is 0. The average Bonchev–Trinajstić information content (AvgIpc) is 3.52. The van der Waals surface area contributed by atoms with E-state index in [9.17, 15) is 9.50 Å². The fourth-order valence-corrected chi connectivity index (χ4v) is 4.14. The molecule has 36 heavy (non-hydrogen) atoms. The lowest BCUT2D eigenvalue weighted by Gasteiger charge is -2.12. The summed E-state index contributed by atoms with van der Waals surface area (Å²) in [5.74, 6) is 0.195. The van der Waals surface area contributed by atoms with Crippen molar-refractivity contribution in [3.8, 4) is 33.8 Å². The van der Waals surface area contributed by atoms with Gasteiger partial charge in [-0.1, -0.05) is 25.1 Å². The molecular weight excluding hydrogens is 459 g/mol. The second-order valence-corrected chi connectivity index (χ2v) is 8.35. The zero-order chi connectivity index (χ0) is 24.6. The highest BCUT2D eigenvalue weighted by Gasteiger charge is 2.17. The standard InChI is InChI=1S/C26H21FN8O/c1-2-21(36)31-16-9-14(11-28-13-16)15-10-19-23(34-35-24(19)30-12-15)26-32-22-18(7-8-29-25(22)33-26)17-5-3-4-6-20(17)27/h3-13,21,31,36H,2H2,1H3,(H,29,32,33)(H,30,34,35). The van der Waals surface area contributed by atoms with E-state index in [0.29, 0.717) is 51.6 Å². The van der Waals surface area contributed by atoms with Crippen LogP contribution in [0.3, 0.4) is 0 Å². The minimum atomic E-state index is -0.654. The second-order valence-electron chi connectivity index (χ2n) is 8.35. The first-order valence-electron chi connectivity index (χ1n) is 11.4. The number of aromatic amines is 2. The molecule has 0 saturated carbocycles. The Balaban J connectivity index is 1.43. The van der Waals surface area contributed by atoms with Crippen molar-refractivity contribution in [2.45, 2.75) is 19.6 Å². The van der Waals surface area contributed by atoms with Gasteiger partial charge in [0.05, 0.1) is 22.8 Å². The van der Waals surface area contributed by atoms with Gasteiger partial charge >= 0.3 is 0 Å². The molecule has 0 amide bonds. The molecule has 0 bridgehead atoms. The van der Waals surface area contributed by atoms with Crippen molar-refractivity contribution in [2.75, 3.05) is 5.32 Å². The average molecular weight is 481 g/mol. The number of imidazole rings is 1. The molecule has 0 saturated heterocycles. The van der Waals surface area contributed by atoms with Crippen LogP contribution in [0.4, 0.5) is 10.1 Å². The van der Waals surface area contributed by atoms with Gasteiger partial charge in [0.25, 0.3) is 0 Å². The van der Waals surface area contributed by atoms with E-state index in [1.807, 2.05) is 19.1 Å². The van der Waals surface area contributed by atoms with Gasteiger partial charge < -0.3 is 15.4 Å². The van der Waals surface area contributed by atoms with Gasteiger partial charge in [-0.15, -0.1) is 0 Å². The fourth-order valence-electron chi connectivity index (χ4n) is 4.14. The Kier molecular flexibility index (Phi) is 5.34. The maximum absolute atomic E-state index is 14.5. The van der Waals surface area contributed by atoms with Crippen LogP contribution in [0.2, 0.25) is 0 Å². The van der Waals surface area contributed by atoms with E-state index in [-0.39, 0.29) is 5.82 Å². The van der Waals surface area contributed by atoms with Crippen molar-refractivity contribution >= 4 is 27.9 Å². The van der Waals surface area contributed by atoms with E-state index in [1.54, 1.807) is 49.1 Å². The quantitative estimate of drug-likeness (QED) is 0.250. The number of hydrogen-bond donors (Lipinski definition) is 4. The van der Waals surface area contributed by atoms with Gasteiger partial charge in [0.1, 0.15) is 17.7 Å². The Morgan fingerprint density at radius 3 is 2.72 bits per heavy atom. The van der Waals surface area contributed by atoms with Crippen molar-refractivity contribution in [3.05, 3.63) is 73.1 Å². The summed E-state index contributed by atoms with van der Waals surface area (Å²) in [4.78, 5) is 21.1. The number of nitrogens with zero attached hydrogens (tertiary/aromatic N) is 5. The molecule has 178 valence electrons. The number of aliphatic hydroxyl groups is 1. The van der Waals surface area contributed by atoms with Crippen molar-refractivity contribution < 1.29 is 9.50 Å². The number of nitrogens with one attached hydrogen (secondary N) is 3. The number of aromatic nitrogens is 7. The van der Waals surface area contributed by atoms with Crippen LogP contribution in [-0.4, -0.2) is 46.5 Å². The van der Waals surface area contributed by atoms with Crippen molar-refractivity contribution in [1.29, 1.82) is 0 Å². The molecule has 1 unspecified atom stereocenters. The lowest BCUT2D eigenvalue weighted by atomic mass is 10.1. The van der Waals surface area contributed by atoms with Crippen LogP contribution >= 0.6 is 0 Å². The molecule has 9 nitrogen and oxygen atoms in total. The first-order valence-corrected chi connectivity index (χ1v) is 11.4. The number of halogens is 1. The summed E-state index contributed by atoms with van der Waals surface area (Å²) >= 11 is 0. The summed E-state index contributed by atoms with van der Waals surface area (Å²) in [6.45, 7) is 1.89. The van der Waals surface area contributed by atoms with Crippen LogP contribution in [0.1, 0.15) is 13.3 Å². The molecule has 6 rings (SSSR count). The van der Waals surface area contributed by atoms with Gasteiger partial charge in [-0.2, -0.15) is 5.10 Å². The molecule has 0 aliphatic carbocycles. The predicted molar refractivity (Wildman–Crippen MR) is 135 cm³/mol. The molecule has 0 aliphatic rings. The third-order valence-corrected chi connectivity index (χ3v) is 5.99. The van der Waals surface area contributed by atoms with Gasteiger partial charge in [-0.25, -0.2) is 19.3 Å². The highest BCUT2D eigenvalue weighted by Crippen LogP contribution is 2.32. The Labute approximate surface area is 204 Å². The summed E-state index contributed by atoms with van der Waals surface area (Å²) in [6, 6.07) is 12.2. The molecular formula is C26H21FN8O. The van der Waals surface area contributed by atoms with Gasteiger partial charge in [0, 0.05) is 40.8 Å². The van der Waals surface area contributed by atoms with Gasteiger partial charge in [-0.05, 0) is 30.7 Å². The summed E-state index contributed by atoms with van der Waals surface area (Å²) < 4.78 is 14.5. The SMILES string of the molecule is CCC(O)Nc1cncc(-c2cnc3n[nH]c(-c4nc5nccc(-c6ccccc6F)c5[nH]4)c3c2)c1. The van der Waals surface area contributed by atoms with Crippen LogP contribution in [0, 0.1) is 5.82 Å². The molecule has 1 atom stereocenters. The van der Waals surface area contributed by atoms with Gasteiger partial charge in [0.2, 0.25) is 0 Å². The summed E-state index contributed by atoms with van der Waals surface area (Å²) in [6.07, 6.45) is 6.65. The van der Waals surface area contributed by atoms with Gasteiger partial charge in [-0.3, -0.25) is 10.1 Å². The number of H-pyrrole nitrogens is 2. The lowest BCUT2D eigenvalue weighted by molar-refractivity contribution is 0.199. The normalized spacial score (nSPS) is 12.3. The zero-order valence-corrected chi connectivity index (χ0v) is 19.2. The van der Waals surface area contributed by atoms with Crippen LogP contribution in [-0.2, 0) is 0 Å². The minimum Gasteiger partial charge on any atom is -0.374 e. The third-order valence-electron chi connectivity index (χ3n) is 5.99. The number of pyridine rings is 3. The maximum atomic E-state index is 14.5. The van der Waals surface area contributed by atoms with E-state index in [0.717, 1.165) is 16.5 Å². The summed E-state index contributed by atoms with van der Waals surface area (Å²) in [5.41, 5.74) is 5.76. The number of hydrogen-bond acceptors (Lipinski definition) is 7. The lowest BCUT2D eigenvalue weighted by Crippen LogP contribution is -2.16. The highest BCUT2D eigenvalue weighted by atomic mass is 19.1. The number of fused-ring (bicyclic) bond motifs is 2. The van der Waals surface area contributed by atoms with Crippen molar-refractivity contribution in [2.24, 2.45) is 0 Å². The monoisotopic (exact) mass is 480 g/mol. The van der Waals surface area contributed by atoms with Crippen LogP contribution < -0.4 is 5.32 Å². The van der Waals surface area contributed by atoms with E-state index >= 15 is 0 Å². The molecule has 6 aromatic rings. The first kappa shape index (κ1) is 21.8. The van der Waals surface area contributed by atoms with Gasteiger partial charge in [0.15, 0.2) is 17.1 Å². The molecule has 0 spiro atoms. The Morgan fingerprint density at radius 1 is 1.00 bits per heavy atom. The molecule has 0 radical (unpaired) electrons. The van der Waals surface area contributed by atoms with Crippen LogP contribution in [0.5, 0.6) is 0 Å². The van der Waals surface area contributed by atoms with E-state index < -0.39 is 6.23 Å². The molecule has 4 N–H and O–H groups in total. The van der Waals surface area contributed by atoms with Crippen molar-refractivity contribution in [3.63, 3.8) is 0 Å². The second kappa shape index (κ2) is 8.82. The molecule has 5 aromatic heterocycles. The maximum Gasteiger partial charge on any atom is 0.181 e. The Morgan fingerprint density at radius 2 is 1.86 bits per heavy atom. The fraction of sp³-hybridized carbons (Fsp3) is 0.115. The largest absolute Gasteiger partial charge is 0.374 e. The smallest absolute Gasteiger partial charge is 0.181 e. The first-order chi connectivity index (χ1) is 17.6. The van der Waals surface area contributed by atoms with E-state index in [1.165, 1.54) is 6.07 Å².